The summed E-state index contributed by atoms with van der Waals surface area (Å²) in [5, 5.41) is 46.2. The standard InChI is InChI=1S/C81H112N14O8S2/c1-53-41-66(89-90-72(53)88-76-85-62-27-23-24-28-64(62)105-76)93(65-36-35-60(69(86-65)75(101)102)61-43-83-95(56(61)4)51-80-46-78(8)45-79(9,47-80)49-81(48-78,50-80)103-40-39-91(10)11)38-26-25-37-92(12)68(98)30-22-20-18-16-14-13-15-17-19-21-29-67(97)87-71(77(5,6)7)74(100)94-44-59(96)42-63(94)73(99)84-54(2)57-31-33-58(34-32-57)70-55(3)82-52-104-70/h23-24,27-28,31-36,41,43,52,54,59,63,71,96H,13-22,25-26,29-30,37-40,42,44-51H2,1-12H3,(H,84,99)(H,87,97)(H,101,102)(H,85,88,90)/t54-,59+,63-,71+,78?,79?,80?,81?/m0/s1. The van der Waals surface area contributed by atoms with Crippen molar-refractivity contribution in [3.05, 3.63) is 107 Å². The molecule has 6 heterocycles. The molecule has 4 saturated carbocycles. The lowest BCUT2D eigenvalue weighted by Gasteiger charge is -2.69. The van der Waals surface area contributed by atoms with Crippen molar-refractivity contribution in [2.45, 2.75) is 234 Å². The molecule has 2 unspecified atom stereocenters. The molecule has 4 bridgehead atoms. The number of unbranched alkanes of at least 4 members (excludes halogenated alkanes) is 10. The molecule has 24 heteroatoms. The summed E-state index contributed by atoms with van der Waals surface area (Å²) in [5.41, 5.74) is 8.13. The predicted molar refractivity (Wildman–Crippen MR) is 416 cm³/mol. The fourth-order valence-corrected chi connectivity index (χ4v) is 19.7. The Hall–Kier alpha value is -7.77. The summed E-state index contributed by atoms with van der Waals surface area (Å²) in [4.78, 5) is 90.8. The highest BCUT2D eigenvalue weighted by Gasteiger charge is 2.66. The van der Waals surface area contributed by atoms with Crippen LogP contribution in [-0.4, -0.2) is 167 Å². The summed E-state index contributed by atoms with van der Waals surface area (Å²) < 4.78 is 10.1. The number of benzene rings is 2. The lowest BCUT2D eigenvalue weighted by atomic mass is 9.39. The van der Waals surface area contributed by atoms with Crippen molar-refractivity contribution < 1.29 is 38.9 Å². The molecule has 5 aromatic heterocycles. The Bertz CT molecular complexity index is 4130. The van der Waals surface area contributed by atoms with Crippen molar-refractivity contribution in [2.24, 2.45) is 21.7 Å². The van der Waals surface area contributed by atoms with E-state index in [1.54, 1.807) is 11.3 Å². The number of carbonyl (C=O) groups is 5. The maximum atomic E-state index is 14.2. The molecular formula is C81H112N14O8S2. The van der Waals surface area contributed by atoms with Crippen LogP contribution in [0, 0.1) is 42.4 Å². The third kappa shape index (κ3) is 19.3. The Morgan fingerprint density at radius 2 is 1.43 bits per heavy atom. The fourth-order valence-electron chi connectivity index (χ4n) is 18.0. The average Bonchev–Trinajstić information content (AvgIpc) is 0.726. The molecule has 1 aliphatic heterocycles. The highest BCUT2D eigenvalue weighted by Crippen LogP contribution is 2.72. The van der Waals surface area contributed by atoms with Crippen LogP contribution < -0.4 is 20.9 Å². The van der Waals surface area contributed by atoms with Gasteiger partial charge in [0, 0.05) is 75.9 Å². The number of fused-ring (bicyclic) bond motifs is 1. The van der Waals surface area contributed by atoms with E-state index < -0.39 is 29.6 Å². The van der Waals surface area contributed by atoms with Crippen molar-refractivity contribution in [3.63, 3.8) is 0 Å². The van der Waals surface area contributed by atoms with Gasteiger partial charge in [-0.15, -0.1) is 21.5 Å². The predicted octanol–water partition coefficient (Wildman–Crippen LogP) is 15.0. The summed E-state index contributed by atoms with van der Waals surface area (Å²) in [6.45, 7) is 21.9. The van der Waals surface area contributed by atoms with Crippen LogP contribution in [0.3, 0.4) is 0 Å². The van der Waals surface area contributed by atoms with Gasteiger partial charge in [-0.25, -0.2) is 19.7 Å². The number of thiazole rings is 2. The summed E-state index contributed by atoms with van der Waals surface area (Å²) in [6, 6.07) is 19.6. The molecule has 5 aliphatic rings. The number of aromatic nitrogens is 7. The molecule has 4 aliphatic carbocycles. The number of aliphatic hydroxyl groups is 1. The highest BCUT2D eigenvalue weighted by molar-refractivity contribution is 7.22. The molecule has 105 heavy (non-hydrogen) atoms. The number of carbonyl (C=O) groups excluding carboxylic acids is 4. The first kappa shape index (κ1) is 78.3. The van der Waals surface area contributed by atoms with Gasteiger partial charge in [-0.1, -0.05) is 134 Å². The number of nitrogens with one attached hydrogen (secondary N) is 3. The molecule has 5 fully saturated rings. The van der Waals surface area contributed by atoms with Crippen LogP contribution in [0.4, 0.5) is 22.6 Å². The van der Waals surface area contributed by atoms with Gasteiger partial charge in [-0.05, 0) is 175 Å². The molecule has 12 rings (SSSR count). The number of nitrogens with zero attached hydrogens (tertiary/aromatic N) is 11. The van der Waals surface area contributed by atoms with Gasteiger partial charge in [0.05, 0.1) is 56.8 Å². The van der Waals surface area contributed by atoms with Crippen molar-refractivity contribution in [1.29, 1.82) is 0 Å². The van der Waals surface area contributed by atoms with Crippen LogP contribution in [0.1, 0.15) is 215 Å². The van der Waals surface area contributed by atoms with E-state index in [2.05, 4.69) is 63.6 Å². The first-order valence-corrected chi connectivity index (χ1v) is 39.8. The van der Waals surface area contributed by atoms with Crippen LogP contribution in [-0.2, 0) is 30.5 Å². The number of carboxylic acids is 1. The first-order chi connectivity index (χ1) is 50.0. The van der Waals surface area contributed by atoms with Crippen LogP contribution in [0.15, 0.2) is 78.4 Å². The van der Waals surface area contributed by atoms with E-state index in [0.29, 0.717) is 79.9 Å². The lowest BCUT2D eigenvalue weighted by molar-refractivity contribution is -0.248. The summed E-state index contributed by atoms with van der Waals surface area (Å²) in [7, 11) is 6.05. The highest BCUT2D eigenvalue weighted by atomic mass is 32.1. The fraction of sp³-hybridized carbons (Fsp3) is 0.593. The minimum Gasteiger partial charge on any atom is -0.476 e. The van der Waals surface area contributed by atoms with Gasteiger partial charge in [0.15, 0.2) is 22.5 Å². The SMILES string of the molecule is Cc1cc(N(CCCCN(C)C(=O)CCCCCCCCCCCCC(=O)N[C@H](C(=O)N2C[C@H](O)C[C@H]2C(=O)N[C@@H](C)c2ccc(-c3scnc3C)cc2)C(C)(C)C)c2ccc(-c3cnn(CC45CC6(C)CC(C)(C4)CC(OCCN(C)C)(C6)C5)c3C)c(C(=O)O)n2)nnc1Nc1nc2ccccc2s1. The zero-order chi connectivity index (χ0) is 75.0. The van der Waals surface area contributed by atoms with Gasteiger partial charge < -0.3 is 50.5 Å². The van der Waals surface area contributed by atoms with Gasteiger partial charge in [0.1, 0.15) is 17.9 Å². The van der Waals surface area contributed by atoms with Gasteiger partial charge in [-0.2, -0.15) is 5.10 Å². The molecule has 0 radical (unpaired) electrons. The van der Waals surface area contributed by atoms with Gasteiger partial charge in [0.2, 0.25) is 23.6 Å². The number of aromatic carboxylic acids is 1. The number of hydrogen-bond acceptors (Lipinski definition) is 18. The summed E-state index contributed by atoms with van der Waals surface area (Å²) >= 11 is 3.12. The van der Waals surface area contributed by atoms with Gasteiger partial charge >= 0.3 is 5.97 Å². The molecule has 22 nitrogen and oxygen atoms in total. The smallest absolute Gasteiger partial charge is 0.355 e. The van der Waals surface area contributed by atoms with Crippen molar-refractivity contribution in [3.8, 4) is 21.6 Å². The number of amides is 4. The van der Waals surface area contributed by atoms with Crippen LogP contribution in [0.25, 0.3) is 31.8 Å². The number of pyridine rings is 1. The number of aryl methyl sites for hydroxylation is 2. The van der Waals surface area contributed by atoms with E-state index >= 15 is 0 Å². The molecule has 2 aromatic carbocycles. The van der Waals surface area contributed by atoms with Crippen LogP contribution >= 0.6 is 22.7 Å². The Morgan fingerprint density at radius 1 is 0.752 bits per heavy atom. The minimum absolute atomic E-state index is 0.00612. The van der Waals surface area contributed by atoms with E-state index in [9.17, 15) is 34.2 Å². The van der Waals surface area contributed by atoms with Crippen molar-refractivity contribution >= 4 is 85.1 Å². The second-order valence-corrected chi connectivity index (χ2v) is 35.0. The van der Waals surface area contributed by atoms with E-state index in [0.717, 1.165) is 152 Å². The second-order valence-electron chi connectivity index (χ2n) is 33.1. The number of para-hydroxylation sites is 1. The number of aliphatic hydroxyl groups excluding tert-OH is 1. The van der Waals surface area contributed by atoms with Crippen LogP contribution in [0.5, 0.6) is 0 Å². The van der Waals surface area contributed by atoms with E-state index in [1.807, 2.05) is 144 Å². The van der Waals surface area contributed by atoms with E-state index in [4.69, 9.17) is 24.9 Å². The largest absolute Gasteiger partial charge is 0.476 e. The van der Waals surface area contributed by atoms with E-state index in [-0.39, 0.29) is 70.2 Å². The molecule has 0 spiro atoms. The minimum atomic E-state index is -1.14. The summed E-state index contributed by atoms with van der Waals surface area (Å²) in [6.07, 6.45) is 19.7. The zero-order valence-corrected chi connectivity index (χ0v) is 65.6. The number of likely N-dealkylation sites (N-methyl/N-ethyl adjacent to an activating group) is 1. The Labute approximate surface area is 628 Å². The number of ether oxygens (including phenoxy) is 1. The average molecular weight is 1470 g/mol. The maximum absolute atomic E-state index is 14.2. The number of anilines is 4. The molecule has 5 N–H and O–H groups in total. The Morgan fingerprint density at radius 3 is 2.08 bits per heavy atom. The van der Waals surface area contributed by atoms with E-state index in [1.165, 1.54) is 22.7 Å². The number of likely N-dealkylation sites (tertiary alicyclic amines) is 1. The molecule has 566 valence electrons. The number of hydrogen-bond donors (Lipinski definition) is 5. The Balaban J connectivity index is 0.618. The van der Waals surface area contributed by atoms with Crippen molar-refractivity contribution in [2.75, 3.05) is 64.1 Å². The zero-order valence-electron chi connectivity index (χ0n) is 64.0. The number of rotatable bonds is 36. The second kappa shape index (κ2) is 33.6. The maximum Gasteiger partial charge on any atom is 0.355 e. The quantitative estimate of drug-likeness (QED) is 0.0229. The van der Waals surface area contributed by atoms with Gasteiger partial charge in [0.25, 0.3) is 0 Å². The van der Waals surface area contributed by atoms with Gasteiger partial charge in [-0.3, -0.25) is 23.9 Å². The molecular weight excluding hydrogens is 1360 g/mol. The molecule has 4 amide bonds. The number of β-amino-alcohol motifs (C(OH)–C–C–N with tert-alkyl or cyclic N) is 1. The monoisotopic (exact) mass is 1470 g/mol. The molecule has 6 atom stereocenters. The first-order valence-electron chi connectivity index (χ1n) is 38.1. The molecule has 1 saturated heterocycles. The van der Waals surface area contributed by atoms with Crippen molar-refractivity contribution in [1.82, 2.24) is 60.3 Å². The lowest BCUT2D eigenvalue weighted by Crippen LogP contribution is -2.64. The Kier molecular flexibility index (Phi) is 25.0. The summed E-state index contributed by atoms with van der Waals surface area (Å²) in [5.74, 6) is -0.438. The third-order valence-corrected chi connectivity index (χ3v) is 24.2. The van der Waals surface area contributed by atoms with Crippen LogP contribution in [0.2, 0.25) is 0 Å². The normalized spacial score (nSPS) is 21.8. The third-order valence-electron chi connectivity index (χ3n) is 22.3. The number of carboxylic acid groups (broad SMARTS) is 1. The molecule has 7 aromatic rings. The topological polar surface area (TPSA) is 266 Å².